The van der Waals surface area contributed by atoms with E-state index in [4.69, 9.17) is 13.9 Å². The normalized spacial score (nSPS) is 11.2. The largest absolute Gasteiger partial charge is 0.462 e. The first kappa shape index (κ1) is 20.9. The third kappa shape index (κ3) is 5.83. The molecule has 0 amide bonds. The van der Waals surface area contributed by atoms with Crippen LogP contribution >= 0.6 is 0 Å². The third-order valence-corrected chi connectivity index (χ3v) is 3.77. The van der Waals surface area contributed by atoms with Crippen molar-refractivity contribution in [2.75, 3.05) is 33.9 Å². The maximum Gasteiger partial charge on any atom is 0.349 e. The molecule has 0 aliphatic carbocycles. The Bertz CT molecular complexity index is 888. The summed E-state index contributed by atoms with van der Waals surface area (Å²) in [5.41, 5.74) is 1.07. The minimum Gasteiger partial charge on any atom is -0.462 e. The van der Waals surface area contributed by atoms with Gasteiger partial charge >= 0.3 is 11.9 Å². The van der Waals surface area contributed by atoms with E-state index in [9.17, 15) is 14.9 Å². The molecule has 7 heteroatoms. The highest BCUT2D eigenvalue weighted by Crippen LogP contribution is 2.24. The summed E-state index contributed by atoms with van der Waals surface area (Å²) in [5.74, 6) is -0.162. The fraction of sp³-hybridized carbons (Fsp3) is 0.286. The number of furan rings is 1. The van der Waals surface area contributed by atoms with Crippen LogP contribution in [0.1, 0.15) is 23.0 Å². The molecular weight excluding hydrogens is 360 g/mol. The third-order valence-electron chi connectivity index (χ3n) is 3.77. The summed E-state index contributed by atoms with van der Waals surface area (Å²) in [4.78, 5) is 24.8. The Balaban J connectivity index is 2.09. The molecular formula is C21H23N2O5+. The summed E-state index contributed by atoms with van der Waals surface area (Å²) in [5, 5.41) is 9.21. The highest BCUT2D eigenvalue weighted by atomic mass is 16.5. The van der Waals surface area contributed by atoms with Gasteiger partial charge in [0.05, 0.1) is 26.3 Å². The number of rotatable bonds is 8. The number of hydrogen-bond acceptors (Lipinski definition) is 6. The standard InChI is InChI=1S/C21H22N2O5/c1-4-26-20(24)16-7-5-15(6-8-16)19-10-9-18(28-19)13-17(14-22)21(25)27-12-11-23(2)3/h5-10,13H,4,11-12H2,1-3H3/p+1/b17-13-. The lowest BCUT2D eigenvalue weighted by atomic mass is 10.1. The molecule has 0 saturated heterocycles. The summed E-state index contributed by atoms with van der Waals surface area (Å²) in [7, 11) is 3.89. The van der Waals surface area contributed by atoms with Crippen molar-refractivity contribution in [3.05, 3.63) is 53.3 Å². The Morgan fingerprint density at radius 3 is 2.46 bits per heavy atom. The van der Waals surface area contributed by atoms with Crippen LogP contribution in [0.4, 0.5) is 0 Å². The van der Waals surface area contributed by atoms with Crippen LogP contribution in [0.3, 0.4) is 0 Å². The van der Waals surface area contributed by atoms with Gasteiger partial charge in [0.1, 0.15) is 36.3 Å². The molecule has 0 atom stereocenters. The van der Waals surface area contributed by atoms with Crippen LogP contribution in [0.25, 0.3) is 17.4 Å². The molecule has 0 spiro atoms. The van der Waals surface area contributed by atoms with Crippen LogP contribution in [0, 0.1) is 11.3 Å². The number of quaternary nitrogens is 1. The van der Waals surface area contributed by atoms with Crippen molar-refractivity contribution in [3.8, 4) is 17.4 Å². The first-order valence-corrected chi connectivity index (χ1v) is 8.90. The second kappa shape index (κ2) is 10.1. The second-order valence-corrected chi connectivity index (χ2v) is 6.26. The van der Waals surface area contributed by atoms with E-state index in [1.165, 1.54) is 6.08 Å². The van der Waals surface area contributed by atoms with Crippen molar-refractivity contribution < 1.29 is 28.4 Å². The van der Waals surface area contributed by atoms with Gasteiger partial charge in [-0.3, -0.25) is 0 Å². The van der Waals surface area contributed by atoms with Gasteiger partial charge in [-0.2, -0.15) is 5.26 Å². The van der Waals surface area contributed by atoms with E-state index in [2.05, 4.69) is 0 Å². The van der Waals surface area contributed by atoms with Crippen molar-refractivity contribution in [1.29, 1.82) is 5.26 Å². The van der Waals surface area contributed by atoms with Crippen LogP contribution in [-0.4, -0.2) is 45.8 Å². The molecule has 0 saturated carbocycles. The monoisotopic (exact) mass is 383 g/mol. The molecule has 0 bridgehead atoms. The van der Waals surface area contributed by atoms with Gasteiger partial charge in [0.25, 0.3) is 0 Å². The van der Waals surface area contributed by atoms with E-state index in [1.807, 2.05) is 20.2 Å². The van der Waals surface area contributed by atoms with E-state index in [0.717, 1.165) is 10.5 Å². The highest BCUT2D eigenvalue weighted by molar-refractivity contribution is 5.97. The average Bonchev–Trinajstić information content (AvgIpc) is 3.14. The van der Waals surface area contributed by atoms with E-state index >= 15 is 0 Å². The lowest BCUT2D eigenvalue weighted by molar-refractivity contribution is -0.858. The van der Waals surface area contributed by atoms with E-state index in [-0.39, 0.29) is 18.1 Å². The SMILES string of the molecule is CCOC(=O)c1ccc(-c2ccc(/C=C(/C#N)C(=O)OCC[NH+](C)C)o2)cc1. The first-order chi connectivity index (χ1) is 13.4. The first-order valence-electron chi connectivity index (χ1n) is 8.90. The summed E-state index contributed by atoms with van der Waals surface area (Å²) < 4.78 is 15.7. The lowest BCUT2D eigenvalue weighted by Gasteiger charge is -2.07. The number of carbonyl (C=O) groups is 2. The van der Waals surface area contributed by atoms with E-state index in [1.54, 1.807) is 43.3 Å². The minimum atomic E-state index is -0.680. The van der Waals surface area contributed by atoms with Crippen molar-refractivity contribution in [2.24, 2.45) is 0 Å². The average molecular weight is 383 g/mol. The molecule has 2 rings (SSSR count). The zero-order valence-electron chi connectivity index (χ0n) is 16.2. The van der Waals surface area contributed by atoms with Crippen molar-refractivity contribution in [1.82, 2.24) is 0 Å². The predicted molar refractivity (Wildman–Crippen MR) is 102 cm³/mol. The fourth-order valence-electron chi connectivity index (χ4n) is 2.28. The smallest absolute Gasteiger partial charge is 0.349 e. The van der Waals surface area contributed by atoms with Crippen molar-refractivity contribution in [2.45, 2.75) is 6.92 Å². The van der Waals surface area contributed by atoms with Gasteiger partial charge in [-0.1, -0.05) is 12.1 Å². The Morgan fingerprint density at radius 2 is 1.86 bits per heavy atom. The Morgan fingerprint density at radius 1 is 1.14 bits per heavy atom. The molecule has 146 valence electrons. The molecule has 1 N–H and O–H groups in total. The molecule has 1 aromatic carbocycles. The molecule has 28 heavy (non-hydrogen) atoms. The Labute approximate surface area is 163 Å². The lowest BCUT2D eigenvalue weighted by Crippen LogP contribution is -3.06. The van der Waals surface area contributed by atoms with Crippen LogP contribution in [-0.2, 0) is 14.3 Å². The zero-order valence-corrected chi connectivity index (χ0v) is 16.2. The topological polar surface area (TPSA) is 94.0 Å². The van der Waals surface area contributed by atoms with Gasteiger partial charge in [0.2, 0.25) is 0 Å². The molecule has 2 aromatic rings. The maximum absolute atomic E-state index is 12.0. The number of carbonyl (C=O) groups excluding carboxylic acids is 2. The number of ether oxygens (including phenoxy) is 2. The molecule has 1 aromatic heterocycles. The van der Waals surface area contributed by atoms with Crippen LogP contribution in [0.2, 0.25) is 0 Å². The number of nitrogens with zero attached hydrogens (tertiary/aromatic N) is 1. The van der Waals surface area contributed by atoms with Gasteiger partial charge in [-0.25, -0.2) is 9.59 Å². The van der Waals surface area contributed by atoms with Crippen LogP contribution in [0.15, 0.2) is 46.4 Å². The quantitative estimate of drug-likeness (QED) is 0.424. The Hall–Kier alpha value is -3.37. The minimum absolute atomic E-state index is 0.132. The van der Waals surface area contributed by atoms with Crippen LogP contribution < -0.4 is 4.90 Å². The molecule has 7 nitrogen and oxygen atoms in total. The van der Waals surface area contributed by atoms with Gasteiger partial charge in [0, 0.05) is 11.6 Å². The summed E-state index contributed by atoms with van der Waals surface area (Å²) in [6.45, 7) is 2.95. The second-order valence-electron chi connectivity index (χ2n) is 6.26. The predicted octanol–water partition coefficient (Wildman–Crippen LogP) is 1.72. The fourth-order valence-corrected chi connectivity index (χ4v) is 2.28. The van der Waals surface area contributed by atoms with E-state index < -0.39 is 5.97 Å². The van der Waals surface area contributed by atoms with Gasteiger partial charge < -0.3 is 18.8 Å². The molecule has 0 fully saturated rings. The van der Waals surface area contributed by atoms with Crippen molar-refractivity contribution in [3.63, 3.8) is 0 Å². The maximum atomic E-state index is 12.0. The molecule has 0 unspecified atom stereocenters. The highest BCUT2D eigenvalue weighted by Gasteiger charge is 2.13. The number of hydrogen-bond donors (Lipinski definition) is 1. The number of nitrogens with one attached hydrogen (secondary N) is 1. The Kier molecular flexibility index (Phi) is 7.55. The number of benzene rings is 1. The van der Waals surface area contributed by atoms with Crippen molar-refractivity contribution >= 4 is 18.0 Å². The summed E-state index contributed by atoms with van der Waals surface area (Å²) in [6, 6.07) is 12.0. The summed E-state index contributed by atoms with van der Waals surface area (Å²) in [6.07, 6.45) is 1.35. The number of likely N-dealkylation sites (N-methyl/N-ethyl adjacent to an activating group) is 1. The molecule has 0 aliphatic heterocycles. The number of esters is 2. The van der Waals surface area contributed by atoms with Gasteiger partial charge in [-0.05, 0) is 31.2 Å². The zero-order chi connectivity index (χ0) is 20.5. The van der Waals surface area contributed by atoms with Gasteiger partial charge in [0.15, 0.2) is 0 Å². The van der Waals surface area contributed by atoms with Crippen LogP contribution in [0.5, 0.6) is 0 Å². The van der Waals surface area contributed by atoms with Gasteiger partial charge in [-0.15, -0.1) is 0 Å². The van der Waals surface area contributed by atoms with E-state index in [0.29, 0.717) is 30.2 Å². The molecule has 0 aliphatic rings. The summed E-state index contributed by atoms with van der Waals surface area (Å²) >= 11 is 0. The number of nitriles is 1. The molecule has 0 radical (unpaired) electrons. The molecule has 1 heterocycles.